The van der Waals surface area contributed by atoms with E-state index in [0.29, 0.717) is 23.9 Å². The highest BCUT2D eigenvalue weighted by atomic mass is 19.1. The van der Waals surface area contributed by atoms with Crippen molar-refractivity contribution >= 4 is 17.5 Å². The third-order valence-corrected chi connectivity index (χ3v) is 4.07. The first-order valence-electron chi connectivity index (χ1n) is 8.60. The van der Waals surface area contributed by atoms with E-state index in [0.717, 1.165) is 5.69 Å². The van der Waals surface area contributed by atoms with Gasteiger partial charge in [-0.3, -0.25) is 0 Å². The summed E-state index contributed by atoms with van der Waals surface area (Å²) < 4.78 is 13.7. The Morgan fingerprint density at radius 3 is 2.38 bits per heavy atom. The van der Waals surface area contributed by atoms with E-state index in [1.165, 1.54) is 11.6 Å². The summed E-state index contributed by atoms with van der Waals surface area (Å²) >= 11 is 0. The van der Waals surface area contributed by atoms with Crippen LogP contribution in [-0.2, 0) is 12.0 Å². The lowest BCUT2D eigenvalue weighted by molar-refractivity contribution is 0.590. The molecule has 0 fully saturated rings. The summed E-state index contributed by atoms with van der Waals surface area (Å²) in [5.41, 5.74) is 2.93. The average Bonchev–Trinajstić information content (AvgIpc) is 2.61. The molecular formula is C21H23FN4. The largest absolute Gasteiger partial charge is 0.350 e. The highest BCUT2D eigenvalue weighted by Gasteiger charge is 2.12. The number of hydrogen-bond acceptors (Lipinski definition) is 4. The van der Waals surface area contributed by atoms with Crippen LogP contribution in [0.4, 0.5) is 21.8 Å². The number of hydrogen-bond donors (Lipinski definition) is 2. The minimum Gasteiger partial charge on any atom is -0.350 e. The monoisotopic (exact) mass is 350 g/mol. The highest BCUT2D eigenvalue weighted by molar-refractivity contribution is 5.57. The summed E-state index contributed by atoms with van der Waals surface area (Å²) in [6, 6.07) is 16.8. The zero-order valence-corrected chi connectivity index (χ0v) is 15.3. The molecule has 0 bridgehead atoms. The molecule has 5 heteroatoms. The Bertz CT molecular complexity index is 870. The topological polar surface area (TPSA) is 49.8 Å². The van der Waals surface area contributed by atoms with Crippen LogP contribution in [0.1, 0.15) is 31.9 Å². The second kappa shape index (κ2) is 7.52. The van der Waals surface area contributed by atoms with E-state index in [1.54, 1.807) is 30.5 Å². The second-order valence-electron chi connectivity index (χ2n) is 7.16. The Morgan fingerprint density at radius 1 is 0.962 bits per heavy atom. The van der Waals surface area contributed by atoms with Gasteiger partial charge in [0.2, 0.25) is 5.95 Å². The molecule has 0 unspecified atom stereocenters. The Hall–Kier alpha value is -2.95. The van der Waals surface area contributed by atoms with Gasteiger partial charge in [0.05, 0.1) is 0 Å². The molecule has 2 aromatic carbocycles. The first kappa shape index (κ1) is 17.9. The molecule has 1 heterocycles. The van der Waals surface area contributed by atoms with Gasteiger partial charge < -0.3 is 10.6 Å². The van der Waals surface area contributed by atoms with Crippen molar-refractivity contribution in [1.29, 1.82) is 0 Å². The number of halogens is 1. The quantitative estimate of drug-likeness (QED) is 0.658. The molecule has 0 spiro atoms. The lowest BCUT2D eigenvalue weighted by Gasteiger charge is -2.19. The summed E-state index contributed by atoms with van der Waals surface area (Å²) in [6.45, 7) is 6.89. The van der Waals surface area contributed by atoms with Gasteiger partial charge in [0.1, 0.15) is 11.6 Å². The molecule has 0 saturated heterocycles. The van der Waals surface area contributed by atoms with E-state index in [1.807, 2.05) is 12.1 Å². The van der Waals surface area contributed by atoms with Gasteiger partial charge in [-0.05, 0) is 35.2 Å². The zero-order chi connectivity index (χ0) is 18.6. The van der Waals surface area contributed by atoms with Gasteiger partial charge >= 0.3 is 0 Å². The molecule has 26 heavy (non-hydrogen) atoms. The van der Waals surface area contributed by atoms with Crippen molar-refractivity contribution in [3.05, 3.63) is 77.7 Å². The fourth-order valence-electron chi connectivity index (χ4n) is 2.53. The van der Waals surface area contributed by atoms with E-state index < -0.39 is 0 Å². The van der Waals surface area contributed by atoms with Crippen molar-refractivity contribution in [2.24, 2.45) is 0 Å². The predicted molar refractivity (Wildman–Crippen MR) is 104 cm³/mol. The number of benzene rings is 2. The predicted octanol–water partition coefficient (Wildman–Crippen LogP) is 5.27. The lowest BCUT2D eigenvalue weighted by atomic mass is 9.87. The van der Waals surface area contributed by atoms with Gasteiger partial charge in [0.25, 0.3) is 0 Å². The zero-order valence-electron chi connectivity index (χ0n) is 15.3. The first-order valence-corrected chi connectivity index (χ1v) is 8.60. The molecule has 3 aromatic rings. The van der Waals surface area contributed by atoms with E-state index in [4.69, 9.17) is 0 Å². The van der Waals surface area contributed by atoms with E-state index in [2.05, 4.69) is 53.5 Å². The fraction of sp³-hybridized carbons (Fsp3) is 0.238. The molecule has 0 amide bonds. The molecule has 0 saturated carbocycles. The Balaban J connectivity index is 1.66. The minimum absolute atomic E-state index is 0.122. The summed E-state index contributed by atoms with van der Waals surface area (Å²) in [6.07, 6.45) is 1.67. The minimum atomic E-state index is -0.242. The Labute approximate surface area is 153 Å². The normalized spacial score (nSPS) is 11.2. The van der Waals surface area contributed by atoms with Gasteiger partial charge in [-0.15, -0.1) is 0 Å². The summed E-state index contributed by atoms with van der Waals surface area (Å²) in [5.74, 6) is 0.886. The van der Waals surface area contributed by atoms with E-state index in [9.17, 15) is 4.39 Å². The van der Waals surface area contributed by atoms with Crippen LogP contribution >= 0.6 is 0 Å². The van der Waals surface area contributed by atoms with Crippen molar-refractivity contribution in [3.63, 3.8) is 0 Å². The maximum absolute atomic E-state index is 13.7. The molecule has 0 atom stereocenters. The third kappa shape index (κ3) is 4.57. The van der Waals surface area contributed by atoms with Gasteiger partial charge in [0, 0.05) is 24.0 Å². The number of anilines is 3. The SMILES string of the molecule is CC(C)(C)c1ccc(Nc2ccnc(NCc3ccccc3F)n2)cc1. The van der Waals surface area contributed by atoms with Crippen molar-refractivity contribution < 1.29 is 4.39 Å². The van der Waals surface area contributed by atoms with Crippen LogP contribution in [0.2, 0.25) is 0 Å². The molecule has 0 radical (unpaired) electrons. The van der Waals surface area contributed by atoms with Gasteiger partial charge in [-0.25, -0.2) is 9.37 Å². The van der Waals surface area contributed by atoms with E-state index >= 15 is 0 Å². The van der Waals surface area contributed by atoms with E-state index in [-0.39, 0.29) is 11.2 Å². The summed E-state index contributed by atoms with van der Waals surface area (Å²) in [7, 11) is 0. The first-order chi connectivity index (χ1) is 12.4. The smallest absolute Gasteiger partial charge is 0.224 e. The maximum Gasteiger partial charge on any atom is 0.224 e. The molecule has 4 nitrogen and oxygen atoms in total. The molecule has 134 valence electrons. The maximum atomic E-state index is 13.7. The summed E-state index contributed by atoms with van der Waals surface area (Å²) in [4.78, 5) is 8.62. The average molecular weight is 350 g/mol. The Morgan fingerprint density at radius 2 is 1.69 bits per heavy atom. The van der Waals surface area contributed by atoms with Gasteiger partial charge in [-0.1, -0.05) is 51.1 Å². The highest BCUT2D eigenvalue weighted by Crippen LogP contribution is 2.24. The lowest BCUT2D eigenvalue weighted by Crippen LogP contribution is -2.10. The van der Waals surface area contributed by atoms with Crippen LogP contribution in [0.25, 0.3) is 0 Å². The molecule has 3 rings (SSSR count). The number of nitrogens with zero attached hydrogens (tertiary/aromatic N) is 2. The van der Waals surface area contributed by atoms with Crippen molar-refractivity contribution in [1.82, 2.24) is 9.97 Å². The van der Waals surface area contributed by atoms with Crippen molar-refractivity contribution in [3.8, 4) is 0 Å². The van der Waals surface area contributed by atoms with Crippen LogP contribution in [0.15, 0.2) is 60.8 Å². The molecule has 2 N–H and O–H groups in total. The third-order valence-electron chi connectivity index (χ3n) is 4.07. The van der Waals surface area contributed by atoms with Crippen LogP contribution in [0, 0.1) is 5.82 Å². The van der Waals surface area contributed by atoms with Crippen molar-refractivity contribution in [2.75, 3.05) is 10.6 Å². The molecule has 0 aliphatic rings. The van der Waals surface area contributed by atoms with Gasteiger partial charge in [-0.2, -0.15) is 4.98 Å². The number of nitrogens with one attached hydrogen (secondary N) is 2. The summed E-state index contributed by atoms with van der Waals surface area (Å²) in [5, 5.41) is 6.32. The molecule has 1 aromatic heterocycles. The van der Waals surface area contributed by atoms with Crippen molar-refractivity contribution in [2.45, 2.75) is 32.7 Å². The molecule has 0 aliphatic carbocycles. The molecular weight excluding hydrogens is 327 g/mol. The van der Waals surface area contributed by atoms with Crippen LogP contribution in [-0.4, -0.2) is 9.97 Å². The van der Waals surface area contributed by atoms with Crippen LogP contribution < -0.4 is 10.6 Å². The standard InChI is InChI=1S/C21H23FN4/c1-21(2,3)16-8-10-17(11-9-16)25-19-12-13-23-20(26-19)24-14-15-6-4-5-7-18(15)22/h4-13H,14H2,1-3H3,(H2,23,24,25,26). The van der Waals surface area contributed by atoms with Crippen LogP contribution in [0.5, 0.6) is 0 Å². The second-order valence-corrected chi connectivity index (χ2v) is 7.16. The molecule has 0 aliphatic heterocycles. The number of rotatable bonds is 5. The van der Waals surface area contributed by atoms with Gasteiger partial charge in [0.15, 0.2) is 0 Å². The van der Waals surface area contributed by atoms with Crippen LogP contribution in [0.3, 0.4) is 0 Å². The number of aromatic nitrogens is 2. The Kier molecular flexibility index (Phi) is 5.16. The fourth-order valence-corrected chi connectivity index (χ4v) is 2.53.